The molecule has 0 saturated carbocycles. The average molecular weight is 338 g/mol. The monoisotopic (exact) mass is 337 g/mol. The molecule has 120 valence electrons. The molecule has 0 amide bonds. The fraction of sp³-hybridized carbons (Fsp3) is 0.471. The number of nitrogens with one attached hydrogen (secondary N) is 1. The molecule has 2 aromatic rings. The average Bonchev–Trinajstić information content (AvgIpc) is 2.97. The van der Waals surface area contributed by atoms with E-state index in [0.29, 0.717) is 6.04 Å². The molecule has 1 N–H and O–H groups in total. The van der Waals surface area contributed by atoms with Crippen LogP contribution in [0.5, 0.6) is 0 Å². The molecule has 5 heteroatoms. The number of aryl methyl sites for hydroxylation is 1. The third kappa shape index (κ3) is 4.29. The number of hydrogen-bond acceptors (Lipinski definition) is 4. The first kappa shape index (κ1) is 17.4. The zero-order chi connectivity index (χ0) is 14.7. The van der Waals surface area contributed by atoms with E-state index in [1.807, 2.05) is 0 Å². The second-order valence-corrected chi connectivity index (χ2v) is 6.76. The van der Waals surface area contributed by atoms with Crippen LogP contribution in [0.2, 0.25) is 0 Å². The van der Waals surface area contributed by atoms with Crippen LogP contribution in [0, 0.1) is 6.92 Å². The molecule has 0 bridgehead atoms. The van der Waals surface area contributed by atoms with E-state index in [4.69, 9.17) is 4.98 Å². The summed E-state index contributed by atoms with van der Waals surface area (Å²) >= 11 is 1.75. The second-order valence-electron chi connectivity index (χ2n) is 5.91. The van der Waals surface area contributed by atoms with Crippen LogP contribution in [0.4, 0.5) is 0 Å². The van der Waals surface area contributed by atoms with Crippen molar-refractivity contribution in [3.05, 3.63) is 40.9 Å². The van der Waals surface area contributed by atoms with Crippen molar-refractivity contribution in [1.82, 2.24) is 15.2 Å². The summed E-state index contributed by atoms with van der Waals surface area (Å²) in [6.07, 6.45) is 2.48. The summed E-state index contributed by atoms with van der Waals surface area (Å²) in [5.74, 6) is 0. The van der Waals surface area contributed by atoms with Crippen LogP contribution in [-0.4, -0.2) is 36.1 Å². The molecule has 1 aromatic carbocycles. The van der Waals surface area contributed by atoms with E-state index in [2.05, 4.69) is 53.8 Å². The van der Waals surface area contributed by atoms with Crippen molar-refractivity contribution in [3.8, 4) is 10.6 Å². The molecule has 3 rings (SSSR count). The maximum atomic E-state index is 4.81. The van der Waals surface area contributed by atoms with Crippen molar-refractivity contribution >= 4 is 23.7 Å². The summed E-state index contributed by atoms with van der Waals surface area (Å²) < 4.78 is 0. The lowest BCUT2D eigenvalue weighted by molar-refractivity contribution is 0.190. The van der Waals surface area contributed by atoms with E-state index < -0.39 is 0 Å². The molecule has 2 heterocycles. The van der Waals surface area contributed by atoms with Crippen LogP contribution >= 0.6 is 23.7 Å². The Hall–Kier alpha value is -0.940. The van der Waals surface area contributed by atoms with Crippen LogP contribution in [0.1, 0.15) is 24.1 Å². The molecule has 3 nitrogen and oxygen atoms in total. The number of hydrogen-bond donors (Lipinski definition) is 1. The summed E-state index contributed by atoms with van der Waals surface area (Å²) in [5.41, 5.74) is 3.71. The van der Waals surface area contributed by atoms with Crippen LogP contribution < -0.4 is 5.32 Å². The number of nitrogens with zero attached hydrogens (tertiary/aromatic N) is 2. The lowest BCUT2D eigenvalue weighted by atomic mass is 10.1. The Morgan fingerprint density at radius 2 is 1.91 bits per heavy atom. The normalized spacial score (nSPS) is 15.8. The zero-order valence-electron chi connectivity index (χ0n) is 13.2. The van der Waals surface area contributed by atoms with Crippen molar-refractivity contribution in [2.45, 2.75) is 32.4 Å². The third-order valence-electron chi connectivity index (χ3n) is 4.19. The Labute approximate surface area is 143 Å². The Balaban J connectivity index is 0.00000176. The largest absolute Gasteiger partial charge is 0.317 e. The highest BCUT2D eigenvalue weighted by Gasteiger charge is 2.18. The van der Waals surface area contributed by atoms with Crippen LogP contribution in [-0.2, 0) is 6.54 Å². The second kappa shape index (κ2) is 8.06. The van der Waals surface area contributed by atoms with Crippen molar-refractivity contribution in [3.63, 3.8) is 0 Å². The minimum Gasteiger partial charge on any atom is -0.317 e. The standard InChI is InChI=1S/C17H23N3S.ClH/c1-13-3-5-14(6-4-13)17-19-15(12-21-17)11-20(2)16-7-9-18-10-8-16;/h3-6,12,16,18H,7-11H2,1-2H3;1H. The van der Waals surface area contributed by atoms with Gasteiger partial charge in [0.15, 0.2) is 0 Å². The maximum Gasteiger partial charge on any atom is 0.123 e. The van der Waals surface area contributed by atoms with Gasteiger partial charge in [-0.15, -0.1) is 23.7 Å². The van der Waals surface area contributed by atoms with Crippen molar-refractivity contribution in [1.29, 1.82) is 0 Å². The molecule has 1 fully saturated rings. The molecular formula is C17H24ClN3S. The Kier molecular flexibility index (Phi) is 6.38. The fourth-order valence-corrected chi connectivity index (χ4v) is 3.66. The summed E-state index contributed by atoms with van der Waals surface area (Å²) in [6, 6.07) is 9.31. The summed E-state index contributed by atoms with van der Waals surface area (Å²) in [7, 11) is 2.22. The molecule has 0 radical (unpaired) electrons. The van der Waals surface area contributed by atoms with Gasteiger partial charge in [0.1, 0.15) is 5.01 Å². The molecule has 0 atom stereocenters. The molecule has 0 aliphatic carbocycles. The molecule has 0 unspecified atom stereocenters. The number of benzene rings is 1. The Morgan fingerprint density at radius 1 is 1.23 bits per heavy atom. The first-order chi connectivity index (χ1) is 10.2. The van der Waals surface area contributed by atoms with Gasteiger partial charge in [0, 0.05) is 23.5 Å². The van der Waals surface area contributed by atoms with E-state index in [-0.39, 0.29) is 12.4 Å². The van der Waals surface area contributed by atoms with Gasteiger partial charge in [-0.1, -0.05) is 29.8 Å². The highest BCUT2D eigenvalue weighted by atomic mass is 35.5. The lowest BCUT2D eigenvalue weighted by Gasteiger charge is -2.31. The van der Waals surface area contributed by atoms with Crippen molar-refractivity contribution in [2.24, 2.45) is 0 Å². The minimum absolute atomic E-state index is 0. The van der Waals surface area contributed by atoms with Gasteiger partial charge in [-0.3, -0.25) is 4.90 Å². The number of aromatic nitrogens is 1. The van der Waals surface area contributed by atoms with E-state index in [9.17, 15) is 0 Å². The van der Waals surface area contributed by atoms with E-state index in [0.717, 1.165) is 24.6 Å². The van der Waals surface area contributed by atoms with Gasteiger partial charge in [-0.2, -0.15) is 0 Å². The highest BCUT2D eigenvalue weighted by Crippen LogP contribution is 2.25. The summed E-state index contributed by atoms with van der Waals surface area (Å²) in [6.45, 7) is 5.35. The smallest absolute Gasteiger partial charge is 0.123 e. The molecular weight excluding hydrogens is 314 g/mol. The van der Waals surface area contributed by atoms with Gasteiger partial charge in [-0.05, 0) is 39.9 Å². The van der Waals surface area contributed by atoms with Gasteiger partial charge in [-0.25, -0.2) is 4.98 Å². The van der Waals surface area contributed by atoms with Crippen molar-refractivity contribution < 1.29 is 0 Å². The van der Waals surface area contributed by atoms with E-state index in [1.54, 1.807) is 11.3 Å². The number of halogens is 1. The molecule has 1 aliphatic rings. The lowest BCUT2D eigenvalue weighted by Crippen LogP contribution is -2.40. The molecule has 1 aromatic heterocycles. The van der Waals surface area contributed by atoms with Crippen LogP contribution in [0.3, 0.4) is 0 Å². The van der Waals surface area contributed by atoms with Crippen LogP contribution in [0.25, 0.3) is 10.6 Å². The first-order valence-corrected chi connectivity index (χ1v) is 8.53. The molecule has 0 spiro atoms. The van der Waals surface area contributed by atoms with E-state index >= 15 is 0 Å². The van der Waals surface area contributed by atoms with Gasteiger partial charge in [0.25, 0.3) is 0 Å². The molecule has 22 heavy (non-hydrogen) atoms. The Bertz CT molecular complexity index is 576. The van der Waals surface area contributed by atoms with Gasteiger partial charge >= 0.3 is 0 Å². The summed E-state index contributed by atoms with van der Waals surface area (Å²) in [5, 5.41) is 6.75. The maximum absolute atomic E-state index is 4.81. The number of rotatable bonds is 4. The van der Waals surface area contributed by atoms with Gasteiger partial charge in [0.2, 0.25) is 0 Å². The zero-order valence-corrected chi connectivity index (χ0v) is 14.8. The van der Waals surface area contributed by atoms with Gasteiger partial charge in [0.05, 0.1) is 5.69 Å². The highest BCUT2D eigenvalue weighted by molar-refractivity contribution is 7.13. The SMILES string of the molecule is Cc1ccc(-c2nc(CN(C)C3CCNCC3)cs2)cc1.Cl. The Morgan fingerprint density at radius 3 is 2.59 bits per heavy atom. The fourth-order valence-electron chi connectivity index (χ4n) is 2.84. The topological polar surface area (TPSA) is 28.2 Å². The first-order valence-electron chi connectivity index (χ1n) is 7.65. The molecule has 1 aliphatic heterocycles. The molecule has 1 saturated heterocycles. The quantitative estimate of drug-likeness (QED) is 0.921. The number of piperidine rings is 1. The summed E-state index contributed by atoms with van der Waals surface area (Å²) in [4.78, 5) is 7.26. The minimum atomic E-state index is 0. The number of thiazole rings is 1. The predicted molar refractivity (Wildman–Crippen MR) is 96.9 cm³/mol. The van der Waals surface area contributed by atoms with E-state index in [1.165, 1.54) is 29.7 Å². The predicted octanol–water partition coefficient (Wildman–Crippen LogP) is 3.72. The van der Waals surface area contributed by atoms with Gasteiger partial charge < -0.3 is 5.32 Å². The third-order valence-corrected chi connectivity index (χ3v) is 5.13. The van der Waals surface area contributed by atoms with Crippen molar-refractivity contribution in [2.75, 3.05) is 20.1 Å². The van der Waals surface area contributed by atoms with Crippen LogP contribution in [0.15, 0.2) is 29.6 Å².